The Hall–Kier alpha value is -3.64. The zero-order valence-corrected chi connectivity index (χ0v) is 19.3. The van der Waals surface area contributed by atoms with Crippen LogP contribution in [0.2, 0.25) is 0 Å². The van der Waals surface area contributed by atoms with Crippen LogP contribution in [0.25, 0.3) is 34.0 Å². The lowest BCUT2D eigenvalue weighted by Crippen LogP contribution is -2.43. The molecule has 1 saturated heterocycles. The molecule has 0 saturated carbocycles. The van der Waals surface area contributed by atoms with E-state index in [4.69, 9.17) is 4.98 Å². The zero-order valence-electron chi connectivity index (χ0n) is 19.3. The Morgan fingerprint density at radius 3 is 2.52 bits per heavy atom. The van der Waals surface area contributed by atoms with Crippen molar-refractivity contribution >= 4 is 23.1 Å². The molecule has 0 bridgehead atoms. The van der Waals surface area contributed by atoms with Gasteiger partial charge in [0.15, 0.2) is 5.65 Å². The molecule has 2 aromatic heterocycles. The Kier molecular flexibility index (Phi) is 6.09. The predicted molar refractivity (Wildman–Crippen MR) is 138 cm³/mol. The van der Waals surface area contributed by atoms with Gasteiger partial charge in [-0.25, -0.2) is 9.50 Å². The molecule has 4 aromatic rings. The average molecular weight is 439 g/mol. The smallest absolute Gasteiger partial charge is 0.162 e. The van der Waals surface area contributed by atoms with E-state index in [0.717, 1.165) is 66.3 Å². The molecular formula is C27H30N6. The Bertz CT molecular complexity index is 1270. The molecule has 0 radical (unpaired) electrons. The van der Waals surface area contributed by atoms with Crippen LogP contribution in [0.3, 0.4) is 0 Å². The predicted octanol–water partition coefficient (Wildman–Crippen LogP) is 4.94. The largest absolute Gasteiger partial charge is 0.381 e. The number of benzene rings is 2. The average Bonchev–Trinajstić information content (AvgIpc) is 3.33. The molecule has 0 amide bonds. The number of hydrogen-bond acceptors (Lipinski definition) is 5. The topological polar surface area (TPSA) is 57.5 Å². The standard InChI is InChI=1S/C25H24N6.C2H6/c1-3-21(22-4-2-10-27-24(22)5-1)23-16-29-31-17-19(15-28-25(23)31)18-6-8-20(9-7-18)30-13-11-26-12-14-30;1-2/h1-9,15-17,26-27H,10-14H2;1-2H3. The number of nitrogens with one attached hydrogen (secondary N) is 2. The third-order valence-corrected chi connectivity index (χ3v) is 6.13. The molecule has 4 heterocycles. The van der Waals surface area contributed by atoms with Crippen molar-refractivity contribution in [1.82, 2.24) is 19.9 Å². The highest BCUT2D eigenvalue weighted by Crippen LogP contribution is 2.34. The molecule has 1 fully saturated rings. The van der Waals surface area contributed by atoms with Gasteiger partial charge in [-0.05, 0) is 29.3 Å². The van der Waals surface area contributed by atoms with E-state index in [1.807, 2.05) is 30.8 Å². The first-order valence-electron chi connectivity index (χ1n) is 11.8. The van der Waals surface area contributed by atoms with Crippen LogP contribution in [0, 0.1) is 0 Å². The van der Waals surface area contributed by atoms with Crippen LogP contribution in [0.5, 0.6) is 0 Å². The molecule has 2 aliphatic rings. The van der Waals surface area contributed by atoms with Crippen molar-refractivity contribution in [3.63, 3.8) is 0 Å². The Morgan fingerprint density at radius 2 is 1.70 bits per heavy atom. The SMILES string of the molecule is C1=Cc2c(cccc2-c2cnn3cc(-c4ccc(N5CCNCC5)cc4)cnc23)NC1.CC. The number of fused-ring (bicyclic) bond motifs is 2. The molecule has 33 heavy (non-hydrogen) atoms. The van der Waals surface area contributed by atoms with E-state index < -0.39 is 0 Å². The van der Waals surface area contributed by atoms with Crippen LogP contribution >= 0.6 is 0 Å². The number of hydrogen-bond donors (Lipinski definition) is 2. The lowest BCUT2D eigenvalue weighted by atomic mass is 9.98. The molecular weight excluding hydrogens is 408 g/mol. The van der Waals surface area contributed by atoms with Crippen molar-refractivity contribution in [2.24, 2.45) is 0 Å². The van der Waals surface area contributed by atoms with Crippen LogP contribution in [-0.2, 0) is 0 Å². The summed E-state index contributed by atoms with van der Waals surface area (Å²) in [6.07, 6.45) is 10.3. The molecule has 0 aliphatic carbocycles. The summed E-state index contributed by atoms with van der Waals surface area (Å²) in [7, 11) is 0. The van der Waals surface area contributed by atoms with E-state index in [1.165, 1.54) is 11.3 Å². The summed E-state index contributed by atoms with van der Waals surface area (Å²) >= 11 is 0. The van der Waals surface area contributed by atoms with Crippen LogP contribution in [0.4, 0.5) is 11.4 Å². The Balaban J connectivity index is 0.00000111. The maximum absolute atomic E-state index is 4.79. The van der Waals surface area contributed by atoms with Crippen molar-refractivity contribution in [2.45, 2.75) is 13.8 Å². The highest BCUT2D eigenvalue weighted by Gasteiger charge is 2.16. The van der Waals surface area contributed by atoms with E-state index in [2.05, 4.69) is 81.4 Å². The van der Waals surface area contributed by atoms with Crippen molar-refractivity contribution in [3.05, 3.63) is 72.7 Å². The summed E-state index contributed by atoms with van der Waals surface area (Å²) in [4.78, 5) is 7.21. The lowest BCUT2D eigenvalue weighted by molar-refractivity contribution is 0.589. The molecule has 0 spiro atoms. The fourth-order valence-electron chi connectivity index (χ4n) is 4.48. The molecule has 6 rings (SSSR count). The molecule has 0 unspecified atom stereocenters. The maximum Gasteiger partial charge on any atom is 0.162 e. The monoisotopic (exact) mass is 438 g/mol. The third-order valence-electron chi connectivity index (χ3n) is 6.13. The number of rotatable bonds is 3. The van der Waals surface area contributed by atoms with Gasteiger partial charge in [0.05, 0.1) is 6.20 Å². The maximum atomic E-state index is 4.79. The van der Waals surface area contributed by atoms with Crippen LogP contribution in [-0.4, -0.2) is 47.3 Å². The minimum absolute atomic E-state index is 0.861. The fourth-order valence-corrected chi connectivity index (χ4v) is 4.48. The first kappa shape index (κ1) is 21.2. The number of nitrogens with zero attached hydrogens (tertiary/aromatic N) is 4. The second kappa shape index (κ2) is 9.46. The van der Waals surface area contributed by atoms with Gasteiger partial charge in [0, 0.05) is 73.2 Å². The van der Waals surface area contributed by atoms with Crippen molar-refractivity contribution < 1.29 is 0 Å². The van der Waals surface area contributed by atoms with Gasteiger partial charge in [-0.3, -0.25) is 0 Å². The Labute approximate surface area is 195 Å². The Morgan fingerprint density at radius 1 is 0.879 bits per heavy atom. The molecule has 2 aromatic carbocycles. The minimum Gasteiger partial charge on any atom is -0.381 e. The first-order chi connectivity index (χ1) is 16.4. The van der Waals surface area contributed by atoms with E-state index in [9.17, 15) is 0 Å². The summed E-state index contributed by atoms with van der Waals surface area (Å²) < 4.78 is 1.88. The molecule has 0 atom stereocenters. The normalized spacial score (nSPS) is 14.9. The summed E-state index contributed by atoms with van der Waals surface area (Å²) in [6.45, 7) is 9.05. The van der Waals surface area contributed by atoms with Gasteiger partial charge in [-0.2, -0.15) is 5.10 Å². The molecule has 168 valence electrons. The van der Waals surface area contributed by atoms with E-state index >= 15 is 0 Å². The number of piperazine rings is 1. The second-order valence-corrected chi connectivity index (χ2v) is 8.00. The van der Waals surface area contributed by atoms with Gasteiger partial charge in [0.2, 0.25) is 0 Å². The molecule has 2 aliphatic heterocycles. The summed E-state index contributed by atoms with van der Waals surface area (Å²) in [5, 5.41) is 11.4. The quantitative estimate of drug-likeness (QED) is 0.475. The van der Waals surface area contributed by atoms with Crippen LogP contribution in [0.1, 0.15) is 19.4 Å². The molecule has 6 nitrogen and oxygen atoms in total. The summed E-state index contributed by atoms with van der Waals surface area (Å²) in [5.41, 5.74) is 8.89. The summed E-state index contributed by atoms with van der Waals surface area (Å²) in [5.74, 6) is 0. The third kappa shape index (κ3) is 4.10. The van der Waals surface area contributed by atoms with E-state index in [-0.39, 0.29) is 0 Å². The van der Waals surface area contributed by atoms with Crippen LogP contribution < -0.4 is 15.5 Å². The minimum atomic E-state index is 0.861. The second-order valence-electron chi connectivity index (χ2n) is 8.00. The van der Waals surface area contributed by atoms with Gasteiger partial charge in [-0.1, -0.05) is 50.3 Å². The first-order valence-corrected chi connectivity index (χ1v) is 11.8. The van der Waals surface area contributed by atoms with Gasteiger partial charge in [-0.15, -0.1) is 0 Å². The van der Waals surface area contributed by atoms with Crippen molar-refractivity contribution in [1.29, 1.82) is 0 Å². The fraction of sp³-hybridized carbons (Fsp3) is 0.259. The number of aromatic nitrogens is 3. The van der Waals surface area contributed by atoms with Gasteiger partial charge in [0.1, 0.15) is 0 Å². The van der Waals surface area contributed by atoms with E-state index in [1.54, 1.807) is 0 Å². The van der Waals surface area contributed by atoms with E-state index in [0.29, 0.717) is 0 Å². The molecule has 2 N–H and O–H groups in total. The van der Waals surface area contributed by atoms with Gasteiger partial charge < -0.3 is 15.5 Å². The lowest BCUT2D eigenvalue weighted by Gasteiger charge is -2.29. The summed E-state index contributed by atoms with van der Waals surface area (Å²) in [6, 6.07) is 15.1. The van der Waals surface area contributed by atoms with Crippen LogP contribution in [0.15, 0.2) is 67.1 Å². The number of anilines is 2. The van der Waals surface area contributed by atoms with Gasteiger partial charge >= 0.3 is 0 Å². The zero-order chi connectivity index (χ0) is 22.6. The van der Waals surface area contributed by atoms with Crippen molar-refractivity contribution in [3.8, 4) is 22.3 Å². The highest BCUT2D eigenvalue weighted by molar-refractivity contribution is 5.89. The van der Waals surface area contributed by atoms with Gasteiger partial charge in [0.25, 0.3) is 0 Å². The highest BCUT2D eigenvalue weighted by atomic mass is 15.2. The molecule has 6 heteroatoms. The van der Waals surface area contributed by atoms with Crippen molar-refractivity contribution in [2.75, 3.05) is 42.9 Å².